The predicted molar refractivity (Wildman–Crippen MR) is 93.3 cm³/mol. The van der Waals surface area contributed by atoms with Gasteiger partial charge in [0.1, 0.15) is 0 Å². The van der Waals surface area contributed by atoms with Crippen molar-refractivity contribution < 1.29 is 0 Å². The lowest BCUT2D eigenvalue weighted by Crippen LogP contribution is -1.95. The molecule has 0 spiro atoms. The van der Waals surface area contributed by atoms with Crippen LogP contribution in [0.15, 0.2) is 72.8 Å². The minimum Gasteiger partial charge on any atom is -0.330 e. The zero-order chi connectivity index (χ0) is 14.9. The molecule has 108 valence electrons. The third-order valence-corrected chi connectivity index (χ3v) is 3.43. The molecule has 0 saturated heterocycles. The molecule has 0 bridgehead atoms. The first-order valence-corrected chi connectivity index (χ1v) is 7.60. The van der Waals surface area contributed by atoms with E-state index in [0.717, 1.165) is 6.54 Å². The molecule has 3 rings (SSSR count). The maximum absolute atomic E-state index is 5.14. The number of hydrogen-bond donors (Lipinski definition) is 1. The maximum atomic E-state index is 5.14. The zero-order valence-electron chi connectivity index (χ0n) is 12.6. The topological polar surface area (TPSA) is 26.0 Å². The largest absolute Gasteiger partial charge is 0.330 e. The van der Waals surface area contributed by atoms with E-state index in [1.54, 1.807) is 0 Å². The van der Waals surface area contributed by atoms with Crippen LogP contribution in [0.25, 0.3) is 21.9 Å². The molecule has 0 aliphatic carbocycles. The predicted octanol–water partition coefficient (Wildman–Crippen LogP) is 5.25. The van der Waals surface area contributed by atoms with Crippen molar-refractivity contribution in [2.24, 2.45) is 5.73 Å². The van der Waals surface area contributed by atoms with Gasteiger partial charge in [-0.2, -0.15) is 0 Å². The molecule has 1 heteroatoms. The van der Waals surface area contributed by atoms with Gasteiger partial charge < -0.3 is 5.73 Å². The summed E-state index contributed by atoms with van der Waals surface area (Å²) >= 11 is 0. The lowest BCUT2D eigenvalue weighted by atomic mass is 9.98. The summed E-state index contributed by atoms with van der Waals surface area (Å²) in [5.74, 6) is 0. The molecule has 0 radical (unpaired) electrons. The lowest BCUT2D eigenvalue weighted by Gasteiger charge is -2.06. The lowest BCUT2D eigenvalue weighted by molar-refractivity contribution is 0.807. The Kier molecular flexibility index (Phi) is 5.99. The van der Waals surface area contributed by atoms with Gasteiger partial charge in [-0.1, -0.05) is 86.1 Å². The van der Waals surface area contributed by atoms with E-state index in [4.69, 9.17) is 5.73 Å². The van der Waals surface area contributed by atoms with E-state index in [0.29, 0.717) is 0 Å². The summed E-state index contributed by atoms with van der Waals surface area (Å²) in [5.41, 5.74) is 7.72. The monoisotopic (exact) mass is 277 g/mol. The van der Waals surface area contributed by atoms with Gasteiger partial charge in [-0.05, 0) is 34.9 Å². The molecule has 0 heterocycles. The second-order valence-electron chi connectivity index (χ2n) is 5.03. The van der Waals surface area contributed by atoms with Gasteiger partial charge in [0.15, 0.2) is 0 Å². The molecule has 0 unspecified atom stereocenters. The molecule has 0 aliphatic heterocycles. The number of hydrogen-bond acceptors (Lipinski definition) is 1. The van der Waals surface area contributed by atoms with Crippen LogP contribution in [0.1, 0.15) is 19.8 Å². The van der Waals surface area contributed by atoms with Crippen molar-refractivity contribution >= 4 is 10.8 Å². The highest BCUT2D eigenvalue weighted by molar-refractivity contribution is 5.96. The summed E-state index contributed by atoms with van der Waals surface area (Å²) in [5, 5.41) is 2.61. The summed E-state index contributed by atoms with van der Waals surface area (Å²) < 4.78 is 0. The Bertz CT molecular complexity index is 652. The molecule has 2 N–H and O–H groups in total. The Labute approximate surface area is 127 Å². The molecule has 3 aromatic rings. The van der Waals surface area contributed by atoms with Crippen molar-refractivity contribution in [3.8, 4) is 11.1 Å². The first kappa shape index (κ1) is 15.3. The number of benzene rings is 3. The average molecular weight is 277 g/mol. The Morgan fingerprint density at radius 3 is 2.10 bits per heavy atom. The molecule has 3 aromatic carbocycles. The van der Waals surface area contributed by atoms with Crippen molar-refractivity contribution in [3.63, 3.8) is 0 Å². The molecule has 21 heavy (non-hydrogen) atoms. The minimum absolute atomic E-state index is 0.844. The van der Waals surface area contributed by atoms with Crippen LogP contribution in [-0.2, 0) is 0 Å². The molecular weight excluding hydrogens is 254 g/mol. The normalized spacial score (nSPS) is 10.0. The Balaban J connectivity index is 0.000000282. The fourth-order valence-corrected chi connectivity index (χ4v) is 2.30. The number of unbranched alkanes of at least 4 members (excludes halogenated alkanes) is 1. The van der Waals surface area contributed by atoms with E-state index >= 15 is 0 Å². The maximum Gasteiger partial charge on any atom is -0.00774 e. The average Bonchev–Trinajstić information content (AvgIpc) is 2.56. The third kappa shape index (κ3) is 4.17. The van der Waals surface area contributed by atoms with Crippen LogP contribution in [0.4, 0.5) is 0 Å². The first-order valence-electron chi connectivity index (χ1n) is 7.60. The number of fused-ring (bicyclic) bond motifs is 1. The zero-order valence-corrected chi connectivity index (χ0v) is 12.6. The van der Waals surface area contributed by atoms with E-state index in [-0.39, 0.29) is 0 Å². The van der Waals surface area contributed by atoms with Crippen molar-refractivity contribution in [1.29, 1.82) is 0 Å². The van der Waals surface area contributed by atoms with Crippen LogP contribution in [0.5, 0.6) is 0 Å². The van der Waals surface area contributed by atoms with Gasteiger partial charge in [-0.25, -0.2) is 0 Å². The van der Waals surface area contributed by atoms with Crippen LogP contribution in [0, 0.1) is 0 Å². The van der Waals surface area contributed by atoms with E-state index in [2.05, 4.69) is 79.7 Å². The highest BCUT2D eigenvalue weighted by atomic mass is 14.5. The molecule has 0 saturated carbocycles. The molecule has 0 amide bonds. The summed E-state index contributed by atoms with van der Waals surface area (Å²) in [7, 11) is 0. The van der Waals surface area contributed by atoms with Crippen molar-refractivity contribution in [2.75, 3.05) is 6.54 Å². The smallest absolute Gasteiger partial charge is 0.00774 e. The van der Waals surface area contributed by atoms with Crippen LogP contribution in [-0.4, -0.2) is 6.54 Å². The van der Waals surface area contributed by atoms with Gasteiger partial charge in [0.25, 0.3) is 0 Å². The fraction of sp³-hybridized carbons (Fsp3) is 0.200. The highest BCUT2D eigenvalue weighted by Crippen LogP contribution is 2.27. The number of rotatable bonds is 3. The molecule has 0 aromatic heterocycles. The Morgan fingerprint density at radius 2 is 1.43 bits per heavy atom. The van der Waals surface area contributed by atoms with Crippen LogP contribution >= 0.6 is 0 Å². The summed E-state index contributed by atoms with van der Waals surface area (Å²) in [6, 6.07) is 25.5. The first-order chi connectivity index (χ1) is 10.4. The van der Waals surface area contributed by atoms with Gasteiger partial charge in [-0.15, -0.1) is 0 Å². The summed E-state index contributed by atoms with van der Waals surface area (Å²) in [6.45, 7) is 2.98. The SMILES string of the molecule is CCCCN.c1ccc(-c2cccc3ccccc23)cc1. The second kappa shape index (κ2) is 8.23. The molecular formula is C20H23N. The Hall–Kier alpha value is -2.12. The van der Waals surface area contributed by atoms with Crippen molar-refractivity contribution in [1.82, 2.24) is 0 Å². The van der Waals surface area contributed by atoms with E-state index < -0.39 is 0 Å². The van der Waals surface area contributed by atoms with Gasteiger partial charge >= 0.3 is 0 Å². The molecule has 0 atom stereocenters. The van der Waals surface area contributed by atoms with Crippen molar-refractivity contribution in [2.45, 2.75) is 19.8 Å². The van der Waals surface area contributed by atoms with E-state index in [1.807, 2.05) is 0 Å². The Morgan fingerprint density at radius 1 is 0.762 bits per heavy atom. The second-order valence-corrected chi connectivity index (χ2v) is 5.03. The summed E-state index contributed by atoms with van der Waals surface area (Å²) in [4.78, 5) is 0. The van der Waals surface area contributed by atoms with E-state index in [1.165, 1.54) is 34.7 Å². The van der Waals surface area contributed by atoms with Crippen molar-refractivity contribution in [3.05, 3.63) is 72.8 Å². The highest BCUT2D eigenvalue weighted by Gasteiger charge is 2.01. The standard InChI is InChI=1S/C16H12.C4H11N/c1-2-7-13(8-3-1)16-12-6-10-14-9-4-5-11-15(14)16;1-2-3-4-5/h1-12H;2-5H2,1H3. The molecule has 0 fully saturated rings. The summed E-state index contributed by atoms with van der Waals surface area (Å²) in [6.07, 6.45) is 2.39. The van der Waals surface area contributed by atoms with Crippen LogP contribution < -0.4 is 5.73 Å². The quantitative estimate of drug-likeness (QED) is 0.695. The third-order valence-electron chi connectivity index (χ3n) is 3.43. The van der Waals surface area contributed by atoms with Gasteiger partial charge in [0, 0.05) is 0 Å². The van der Waals surface area contributed by atoms with E-state index in [9.17, 15) is 0 Å². The molecule has 1 nitrogen and oxygen atoms in total. The van der Waals surface area contributed by atoms with Gasteiger partial charge in [0.2, 0.25) is 0 Å². The fourth-order valence-electron chi connectivity index (χ4n) is 2.30. The van der Waals surface area contributed by atoms with Gasteiger partial charge in [-0.3, -0.25) is 0 Å². The van der Waals surface area contributed by atoms with Crippen LogP contribution in [0.3, 0.4) is 0 Å². The van der Waals surface area contributed by atoms with Gasteiger partial charge in [0.05, 0.1) is 0 Å². The number of nitrogens with two attached hydrogens (primary N) is 1. The van der Waals surface area contributed by atoms with Crippen LogP contribution in [0.2, 0.25) is 0 Å². The minimum atomic E-state index is 0.844. The molecule has 0 aliphatic rings.